The molecule has 20 heavy (non-hydrogen) atoms. The van der Waals surface area contributed by atoms with Gasteiger partial charge in [0.1, 0.15) is 18.7 Å². The lowest BCUT2D eigenvalue weighted by atomic mass is 10.2. The average Bonchev–Trinajstić information content (AvgIpc) is 2.35. The molecule has 108 valence electrons. The van der Waals surface area contributed by atoms with Crippen LogP contribution in [0.3, 0.4) is 0 Å². The summed E-state index contributed by atoms with van der Waals surface area (Å²) in [4.78, 5) is 11.4. The Balaban J connectivity index is 2.62. The molecule has 0 aliphatic heterocycles. The van der Waals surface area contributed by atoms with Crippen molar-refractivity contribution in [1.29, 1.82) is 5.26 Å². The van der Waals surface area contributed by atoms with Crippen molar-refractivity contribution in [1.82, 2.24) is 5.32 Å². The Kier molecular flexibility index (Phi) is 5.22. The summed E-state index contributed by atoms with van der Waals surface area (Å²) < 4.78 is 35.9. The van der Waals surface area contributed by atoms with E-state index in [4.69, 9.17) is 16.9 Å². The Morgan fingerprint density at radius 1 is 1.50 bits per heavy atom. The van der Waals surface area contributed by atoms with E-state index in [0.717, 1.165) is 0 Å². The van der Waals surface area contributed by atoms with Gasteiger partial charge in [0, 0.05) is 5.69 Å². The lowest BCUT2D eigenvalue weighted by Gasteiger charge is -2.16. The molecule has 1 atom stereocenters. The number of nitriles is 1. The molecule has 0 saturated carbocycles. The highest BCUT2D eigenvalue weighted by Crippen LogP contribution is 2.20. The van der Waals surface area contributed by atoms with Gasteiger partial charge < -0.3 is 10.6 Å². The molecule has 2 N–H and O–H groups in total. The molecule has 1 aromatic rings. The second-order valence-electron chi connectivity index (χ2n) is 4.01. The molecular weight excluding hydrogens is 295 g/mol. The fourth-order valence-corrected chi connectivity index (χ4v) is 1.57. The zero-order valence-corrected chi connectivity index (χ0v) is 11.1. The fraction of sp³-hybridized carbons (Fsp3) is 0.333. The Morgan fingerprint density at radius 3 is 2.65 bits per heavy atom. The molecule has 1 amide bonds. The van der Waals surface area contributed by atoms with Gasteiger partial charge in [-0.05, 0) is 25.1 Å². The van der Waals surface area contributed by atoms with Crippen LogP contribution in [0, 0.1) is 11.3 Å². The molecule has 0 fully saturated rings. The average molecular weight is 306 g/mol. The summed E-state index contributed by atoms with van der Waals surface area (Å²) in [5, 5.41) is 13.4. The van der Waals surface area contributed by atoms with E-state index in [2.05, 4.69) is 5.32 Å². The van der Waals surface area contributed by atoms with Crippen molar-refractivity contribution >= 4 is 23.2 Å². The normalized spacial score (nSPS) is 12.4. The molecule has 0 aliphatic rings. The van der Waals surface area contributed by atoms with Crippen LogP contribution in [-0.4, -0.2) is 24.7 Å². The van der Waals surface area contributed by atoms with Crippen LogP contribution < -0.4 is 10.6 Å². The zero-order chi connectivity index (χ0) is 15.3. The fourth-order valence-electron chi connectivity index (χ4n) is 1.35. The standard InChI is InChI=1S/C12H11ClF3N3O/c1-7(11(20)18-6-12(14,15)16)19-9-3-2-8(5-17)10(13)4-9/h2-4,7,19H,6H2,1H3,(H,18,20). The van der Waals surface area contributed by atoms with E-state index in [0.29, 0.717) is 5.69 Å². The second kappa shape index (κ2) is 6.48. The molecule has 0 aromatic heterocycles. The SMILES string of the molecule is CC(Nc1ccc(C#N)c(Cl)c1)C(=O)NCC(F)(F)F. The minimum atomic E-state index is -4.45. The quantitative estimate of drug-likeness (QED) is 0.899. The smallest absolute Gasteiger partial charge is 0.374 e. The first-order valence-electron chi connectivity index (χ1n) is 5.53. The molecule has 0 bridgehead atoms. The third-order valence-electron chi connectivity index (χ3n) is 2.33. The number of amides is 1. The Bertz CT molecular complexity index is 540. The molecule has 0 saturated heterocycles. The maximum atomic E-state index is 12.0. The van der Waals surface area contributed by atoms with Gasteiger partial charge >= 0.3 is 6.18 Å². The van der Waals surface area contributed by atoms with E-state index in [9.17, 15) is 18.0 Å². The van der Waals surface area contributed by atoms with Crippen LogP contribution in [0.5, 0.6) is 0 Å². The minimum Gasteiger partial charge on any atom is -0.374 e. The van der Waals surface area contributed by atoms with Crippen LogP contribution in [0.25, 0.3) is 0 Å². The summed E-state index contributed by atoms with van der Waals surface area (Å²) in [7, 11) is 0. The van der Waals surface area contributed by atoms with E-state index in [1.807, 2.05) is 6.07 Å². The lowest BCUT2D eigenvalue weighted by Crippen LogP contribution is -2.42. The van der Waals surface area contributed by atoms with Crippen LogP contribution in [0.4, 0.5) is 18.9 Å². The molecule has 0 aliphatic carbocycles. The predicted molar refractivity (Wildman–Crippen MR) is 68.3 cm³/mol. The van der Waals surface area contributed by atoms with Crippen molar-refractivity contribution < 1.29 is 18.0 Å². The summed E-state index contributed by atoms with van der Waals surface area (Å²) in [6, 6.07) is 5.38. The third kappa shape index (κ3) is 4.97. The first kappa shape index (κ1) is 16.1. The van der Waals surface area contributed by atoms with Crippen molar-refractivity contribution in [3.63, 3.8) is 0 Å². The van der Waals surface area contributed by atoms with E-state index in [-0.39, 0.29) is 10.6 Å². The summed E-state index contributed by atoms with van der Waals surface area (Å²) in [6.45, 7) is 0.0315. The zero-order valence-electron chi connectivity index (χ0n) is 10.4. The number of hydrogen-bond donors (Lipinski definition) is 2. The summed E-state index contributed by atoms with van der Waals surface area (Å²) in [5.41, 5.74) is 0.704. The van der Waals surface area contributed by atoms with E-state index < -0.39 is 24.7 Å². The van der Waals surface area contributed by atoms with Crippen LogP contribution in [0.15, 0.2) is 18.2 Å². The van der Waals surface area contributed by atoms with E-state index in [1.165, 1.54) is 25.1 Å². The predicted octanol–water partition coefficient (Wildman–Crippen LogP) is 2.69. The number of nitrogens with one attached hydrogen (secondary N) is 2. The Labute approximate surface area is 118 Å². The van der Waals surface area contributed by atoms with Gasteiger partial charge in [0.15, 0.2) is 0 Å². The van der Waals surface area contributed by atoms with Gasteiger partial charge in [-0.15, -0.1) is 0 Å². The van der Waals surface area contributed by atoms with Gasteiger partial charge in [-0.25, -0.2) is 0 Å². The number of carbonyl (C=O) groups is 1. The molecule has 0 radical (unpaired) electrons. The van der Waals surface area contributed by atoms with Crippen LogP contribution in [0.2, 0.25) is 5.02 Å². The summed E-state index contributed by atoms with van der Waals surface area (Å²) in [6.07, 6.45) is -4.45. The number of benzene rings is 1. The third-order valence-corrected chi connectivity index (χ3v) is 2.64. The van der Waals surface area contributed by atoms with Crippen molar-refractivity contribution in [2.45, 2.75) is 19.1 Å². The first-order valence-corrected chi connectivity index (χ1v) is 5.91. The molecule has 1 aromatic carbocycles. The van der Waals surface area contributed by atoms with Gasteiger partial charge in [-0.2, -0.15) is 18.4 Å². The van der Waals surface area contributed by atoms with Crippen LogP contribution in [-0.2, 0) is 4.79 Å². The summed E-state index contributed by atoms with van der Waals surface area (Å²) in [5.74, 6) is -0.789. The number of hydrogen-bond acceptors (Lipinski definition) is 3. The van der Waals surface area contributed by atoms with E-state index in [1.54, 1.807) is 5.32 Å². The maximum Gasteiger partial charge on any atom is 0.405 e. The number of anilines is 1. The highest BCUT2D eigenvalue weighted by molar-refractivity contribution is 6.32. The Hall–Kier alpha value is -1.94. The first-order chi connectivity index (χ1) is 9.23. The molecule has 1 rings (SSSR count). The van der Waals surface area contributed by atoms with Crippen molar-refractivity contribution in [2.24, 2.45) is 0 Å². The molecular formula is C12H11ClF3N3O. The van der Waals surface area contributed by atoms with Crippen molar-refractivity contribution in [3.05, 3.63) is 28.8 Å². The maximum absolute atomic E-state index is 12.0. The Morgan fingerprint density at radius 2 is 2.15 bits per heavy atom. The van der Waals surface area contributed by atoms with Crippen LogP contribution in [0.1, 0.15) is 12.5 Å². The van der Waals surface area contributed by atoms with Crippen molar-refractivity contribution in [3.8, 4) is 6.07 Å². The van der Waals surface area contributed by atoms with Crippen molar-refractivity contribution in [2.75, 3.05) is 11.9 Å². The highest BCUT2D eigenvalue weighted by atomic mass is 35.5. The number of nitrogens with zero attached hydrogens (tertiary/aromatic N) is 1. The van der Waals surface area contributed by atoms with Gasteiger partial charge in [0.2, 0.25) is 5.91 Å². The largest absolute Gasteiger partial charge is 0.405 e. The lowest BCUT2D eigenvalue weighted by molar-refractivity contribution is -0.138. The van der Waals surface area contributed by atoms with Gasteiger partial charge in [0.05, 0.1) is 10.6 Å². The number of halogens is 4. The van der Waals surface area contributed by atoms with E-state index >= 15 is 0 Å². The highest BCUT2D eigenvalue weighted by Gasteiger charge is 2.28. The number of alkyl halides is 3. The number of rotatable bonds is 4. The molecule has 0 heterocycles. The molecule has 4 nitrogen and oxygen atoms in total. The molecule has 8 heteroatoms. The number of carbonyl (C=O) groups excluding carboxylic acids is 1. The van der Waals surface area contributed by atoms with Gasteiger partial charge in [0.25, 0.3) is 0 Å². The molecule has 0 spiro atoms. The monoisotopic (exact) mass is 305 g/mol. The van der Waals surface area contributed by atoms with Gasteiger partial charge in [-0.1, -0.05) is 11.6 Å². The minimum absolute atomic E-state index is 0.195. The van der Waals surface area contributed by atoms with Crippen LogP contribution >= 0.6 is 11.6 Å². The second-order valence-corrected chi connectivity index (χ2v) is 4.41. The van der Waals surface area contributed by atoms with Gasteiger partial charge in [-0.3, -0.25) is 4.79 Å². The molecule has 1 unspecified atom stereocenters. The summed E-state index contributed by atoms with van der Waals surface area (Å²) >= 11 is 5.80. The topological polar surface area (TPSA) is 64.9 Å².